The van der Waals surface area contributed by atoms with E-state index in [1.54, 1.807) is 7.11 Å². The Labute approximate surface area is 177 Å². The Hall–Kier alpha value is -1.75. The summed E-state index contributed by atoms with van der Waals surface area (Å²) in [4.78, 5) is 25.4. The minimum Gasteiger partial charge on any atom is -0.496 e. The molecule has 158 valence electrons. The molecule has 4 aliphatic rings. The molecule has 4 bridgehead atoms. The van der Waals surface area contributed by atoms with Gasteiger partial charge in [0.1, 0.15) is 5.75 Å². The second-order valence-electron chi connectivity index (χ2n) is 9.61. The summed E-state index contributed by atoms with van der Waals surface area (Å²) in [5, 5.41) is 5.89. The van der Waals surface area contributed by atoms with Crippen LogP contribution in [-0.4, -0.2) is 30.3 Å². The van der Waals surface area contributed by atoms with E-state index in [4.69, 9.17) is 16.3 Å². The van der Waals surface area contributed by atoms with Gasteiger partial charge in [0.15, 0.2) is 0 Å². The topological polar surface area (TPSA) is 67.4 Å². The molecule has 0 heterocycles. The number of benzene rings is 1. The van der Waals surface area contributed by atoms with Crippen LogP contribution in [0.4, 0.5) is 0 Å². The number of halogens is 1. The average Bonchev–Trinajstić information content (AvgIpc) is 2.64. The van der Waals surface area contributed by atoms with Crippen molar-refractivity contribution in [2.24, 2.45) is 17.3 Å². The van der Waals surface area contributed by atoms with Crippen LogP contribution in [0, 0.1) is 24.2 Å². The Kier molecular flexibility index (Phi) is 5.30. The second kappa shape index (κ2) is 7.50. The molecule has 4 fully saturated rings. The first-order chi connectivity index (χ1) is 13.7. The number of carbonyl (C=O) groups is 2. The lowest BCUT2D eigenvalue weighted by molar-refractivity contribution is -0.145. The summed E-state index contributed by atoms with van der Waals surface area (Å²) in [6.07, 6.45) is 5.87. The fourth-order valence-electron chi connectivity index (χ4n) is 6.33. The van der Waals surface area contributed by atoms with Crippen LogP contribution in [0.2, 0.25) is 0 Å². The summed E-state index contributed by atoms with van der Waals surface area (Å²) in [6.45, 7) is 3.92. The van der Waals surface area contributed by atoms with Crippen LogP contribution in [0.25, 0.3) is 0 Å². The van der Waals surface area contributed by atoms with Crippen LogP contribution >= 0.6 is 11.6 Å². The van der Waals surface area contributed by atoms with Crippen LogP contribution in [0.3, 0.4) is 0 Å². The molecule has 0 radical (unpaired) electrons. The second-order valence-corrected chi connectivity index (χ2v) is 10.4. The minimum atomic E-state index is -0.377. The van der Waals surface area contributed by atoms with Crippen molar-refractivity contribution in [1.82, 2.24) is 10.6 Å². The Bertz CT molecular complexity index is 810. The summed E-state index contributed by atoms with van der Waals surface area (Å²) in [6, 6.07) is 5.69. The number of rotatable bonds is 6. The zero-order valence-electron chi connectivity index (χ0n) is 17.5. The lowest BCUT2D eigenvalue weighted by Gasteiger charge is -2.59. The van der Waals surface area contributed by atoms with E-state index in [2.05, 4.69) is 10.6 Å². The average molecular weight is 419 g/mol. The van der Waals surface area contributed by atoms with Gasteiger partial charge < -0.3 is 15.4 Å². The number of amides is 2. The van der Waals surface area contributed by atoms with E-state index < -0.39 is 0 Å². The number of alkyl halides is 1. The fraction of sp³-hybridized carbons (Fsp3) is 0.652. The van der Waals surface area contributed by atoms with Gasteiger partial charge in [0.2, 0.25) is 11.8 Å². The SMILES string of the molecule is COc1ccc(C)cc1[C@H](C)NC(=O)CNC(=O)C12C[C@@H]3C[C@@H](CC(Cl)(C3)C1)C2. The standard InChI is InChI=1S/C23H31ClN2O3/c1-14-4-5-19(29-3)18(6-14)15(2)26-20(27)12-25-21(28)22-8-16-7-17(9-22)11-23(24,10-16)13-22/h4-6,15-17H,7-13H2,1-3H3,(H,25,28)(H,26,27)/t15-,16-,17+,22?,23?/m0/s1. The van der Waals surface area contributed by atoms with Crippen LogP contribution in [0.5, 0.6) is 5.75 Å². The smallest absolute Gasteiger partial charge is 0.239 e. The van der Waals surface area contributed by atoms with Gasteiger partial charge in [0, 0.05) is 10.4 Å². The first-order valence-corrected chi connectivity index (χ1v) is 11.0. The number of hydrogen-bond donors (Lipinski definition) is 2. The zero-order valence-corrected chi connectivity index (χ0v) is 18.3. The van der Waals surface area contributed by atoms with Crippen molar-refractivity contribution in [3.8, 4) is 5.75 Å². The van der Waals surface area contributed by atoms with Crippen LogP contribution in [0.1, 0.15) is 62.6 Å². The van der Waals surface area contributed by atoms with Gasteiger partial charge in [-0.2, -0.15) is 0 Å². The third-order valence-corrected chi connectivity index (χ3v) is 7.55. The molecule has 1 aromatic rings. The van der Waals surface area contributed by atoms with Gasteiger partial charge in [-0.15, -0.1) is 11.6 Å². The highest BCUT2D eigenvalue weighted by atomic mass is 35.5. The Morgan fingerprint density at radius 3 is 2.55 bits per heavy atom. The van der Waals surface area contributed by atoms with E-state index in [-0.39, 0.29) is 34.7 Å². The molecule has 2 unspecified atom stereocenters. The van der Waals surface area contributed by atoms with E-state index in [1.165, 1.54) is 6.42 Å². The first-order valence-electron chi connectivity index (χ1n) is 10.6. The largest absolute Gasteiger partial charge is 0.496 e. The van der Waals surface area contributed by atoms with Crippen LogP contribution in [0.15, 0.2) is 18.2 Å². The summed E-state index contributed by atoms with van der Waals surface area (Å²) >= 11 is 6.83. The molecule has 1 aromatic carbocycles. The van der Waals surface area contributed by atoms with Gasteiger partial charge in [-0.3, -0.25) is 9.59 Å². The molecule has 5 rings (SSSR count). The quantitative estimate of drug-likeness (QED) is 0.689. The molecule has 5 atom stereocenters. The van der Waals surface area contributed by atoms with Crippen molar-refractivity contribution in [1.29, 1.82) is 0 Å². The number of hydrogen-bond acceptors (Lipinski definition) is 3. The maximum Gasteiger partial charge on any atom is 0.239 e. The van der Waals surface area contributed by atoms with Gasteiger partial charge >= 0.3 is 0 Å². The minimum absolute atomic E-state index is 0.00700. The van der Waals surface area contributed by atoms with Crippen molar-refractivity contribution < 1.29 is 14.3 Å². The number of carbonyl (C=O) groups excluding carboxylic acids is 2. The highest BCUT2D eigenvalue weighted by Gasteiger charge is 2.60. The Morgan fingerprint density at radius 1 is 1.24 bits per heavy atom. The number of ether oxygens (including phenoxy) is 1. The monoisotopic (exact) mass is 418 g/mol. The van der Waals surface area contributed by atoms with Crippen molar-refractivity contribution in [3.05, 3.63) is 29.3 Å². The highest BCUT2D eigenvalue weighted by molar-refractivity contribution is 6.24. The van der Waals surface area contributed by atoms with E-state index >= 15 is 0 Å². The van der Waals surface area contributed by atoms with Gasteiger partial charge in [0.25, 0.3) is 0 Å². The maximum atomic E-state index is 13.1. The molecule has 2 amide bonds. The van der Waals surface area contributed by atoms with Gasteiger partial charge in [0.05, 0.1) is 25.1 Å². The summed E-state index contributed by atoms with van der Waals surface area (Å²) in [7, 11) is 1.62. The first kappa shape index (κ1) is 20.5. The Balaban J connectivity index is 1.35. The van der Waals surface area contributed by atoms with Crippen LogP contribution < -0.4 is 15.4 Å². The molecule has 4 aliphatic carbocycles. The van der Waals surface area contributed by atoms with E-state index in [0.29, 0.717) is 11.8 Å². The number of nitrogens with one attached hydrogen (secondary N) is 2. The molecule has 5 nitrogen and oxygen atoms in total. The zero-order chi connectivity index (χ0) is 20.8. The van der Waals surface area contributed by atoms with Gasteiger partial charge in [-0.1, -0.05) is 17.7 Å². The molecular weight excluding hydrogens is 388 g/mol. The van der Waals surface area contributed by atoms with Crippen molar-refractivity contribution >= 4 is 23.4 Å². The highest BCUT2D eigenvalue weighted by Crippen LogP contribution is 2.63. The van der Waals surface area contributed by atoms with Crippen LogP contribution in [-0.2, 0) is 9.59 Å². The summed E-state index contributed by atoms with van der Waals surface area (Å²) in [5.74, 6) is 1.67. The molecule has 2 N–H and O–H groups in total. The van der Waals surface area contributed by atoms with Gasteiger partial charge in [-0.25, -0.2) is 0 Å². The summed E-state index contributed by atoms with van der Waals surface area (Å²) in [5.41, 5.74) is 1.65. The molecule has 0 saturated heterocycles. The third kappa shape index (κ3) is 3.98. The fourth-order valence-corrected chi connectivity index (χ4v) is 7.02. The van der Waals surface area contributed by atoms with E-state index in [0.717, 1.165) is 49.0 Å². The molecule has 0 aromatic heterocycles. The molecule has 29 heavy (non-hydrogen) atoms. The maximum absolute atomic E-state index is 13.1. The number of methoxy groups -OCH3 is 1. The molecular formula is C23H31ClN2O3. The van der Waals surface area contributed by atoms with E-state index in [1.807, 2.05) is 32.0 Å². The molecule has 6 heteroatoms. The predicted octanol–water partition coefficient (Wildman–Crippen LogP) is 3.87. The lowest BCUT2D eigenvalue weighted by atomic mass is 9.49. The third-order valence-electron chi connectivity index (χ3n) is 7.11. The van der Waals surface area contributed by atoms with Crippen molar-refractivity contribution in [2.45, 2.75) is 63.3 Å². The lowest BCUT2D eigenvalue weighted by Crippen LogP contribution is -2.59. The normalized spacial score (nSPS) is 33.2. The molecule has 0 aliphatic heterocycles. The predicted molar refractivity (Wildman–Crippen MR) is 113 cm³/mol. The molecule has 4 saturated carbocycles. The van der Waals surface area contributed by atoms with Gasteiger partial charge in [-0.05, 0) is 70.3 Å². The molecule has 0 spiro atoms. The van der Waals surface area contributed by atoms with E-state index in [9.17, 15) is 9.59 Å². The van der Waals surface area contributed by atoms with Crippen molar-refractivity contribution in [2.75, 3.05) is 13.7 Å². The number of aryl methyl sites for hydroxylation is 1. The van der Waals surface area contributed by atoms with Crippen molar-refractivity contribution in [3.63, 3.8) is 0 Å². The Morgan fingerprint density at radius 2 is 1.93 bits per heavy atom. The summed E-state index contributed by atoms with van der Waals surface area (Å²) < 4.78 is 5.41.